The normalized spacial score (nSPS) is 10.2. The molecule has 0 saturated carbocycles. The molecule has 0 aliphatic carbocycles. The smallest absolute Gasteiger partial charge is 0.0723 e. The maximum atomic E-state index is 4.39. The van der Waals surface area contributed by atoms with Gasteiger partial charge in [0.05, 0.1) is 5.69 Å². The summed E-state index contributed by atoms with van der Waals surface area (Å²) in [6.07, 6.45) is 4.77. The maximum absolute atomic E-state index is 4.39. The molecule has 2 rings (SSSR count). The van der Waals surface area contributed by atoms with Gasteiger partial charge in [0, 0.05) is 35.9 Å². The summed E-state index contributed by atoms with van der Waals surface area (Å²) in [4.78, 5) is 8.59. The fraction of sp³-hybridized carbons (Fsp3) is 0.286. The molecule has 17 heavy (non-hydrogen) atoms. The van der Waals surface area contributed by atoms with Gasteiger partial charge in [-0.25, -0.2) is 0 Å². The zero-order valence-electron chi connectivity index (χ0n) is 10.3. The molecule has 0 spiro atoms. The lowest BCUT2D eigenvalue weighted by molar-refractivity contribution is 0.979. The summed E-state index contributed by atoms with van der Waals surface area (Å²) in [7, 11) is 0. The van der Waals surface area contributed by atoms with Crippen LogP contribution in [-0.2, 0) is 0 Å². The van der Waals surface area contributed by atoms with Crippen LogP contribution in [0.5, 0.6) is 0 Å². The standard InChI is InChI=1S/C14H17N3/c1-3-6-16-13-5-8-17-14(10-13)12-4-7-15-11(2)9-12/h4-5,7-10H,3,6H2,1-2H3,(H,16,17). The molecular formula is C14H17N3. The van der Waals surface area contributed by atoms with Crippen LogP contribution in [0.25, 0.3) is 11.3 Å². The Labute approximate surface area is 102 Å². The summed E-state index contributed by atoms with van der Waals surface area (Å²) in [5.74, 6) is 0. The van der Waals surface area contributed by atoms with Crippen LogP contribution in [0.2, 0.25) is 0 Å². The third-order valence-corrected chi connectivity index (χ3v) is 2.53. The number of hydrogen-bond donors (Lipinski definition) is 1. The molecule has 0 radical (unpaired) electrons. The Morgan fingerprint density at radius 1 is 1.12 bits per heavy atom. The molecular weight excluding hydrogens is 210 g/mol. The number of anilines is 1. The van der Waals surface area contributed by atoms with Gasteiger partial charge in [-0.15, -0.1) is 0 Å². The van der Waals surface area contributed by atoms with E-state index in [0.29, 0.717) is 0 Å². The average molecular weight is 227 g/mol. The van der Waals surface area contributed by atoms with E-state index in [1.54, 1.807) is 0 Å². The number of hydrogen-bond acceptors (Lipinski definition) is 3. The average Bonchev–Trinajstić information content (AvgIpc) is 2.37. The summed E-state index contributed by atoms with van der Waals surface area (Å²) >= 11 is 0. The molecule has 0 fully saturated rings. The first kappa shape index (κ1) is 11.6. The highest BCUT2D eigenvalue weighted by molar-refractivity contribution is 5.63. The molecule has 2 aromatic rings. The third-order valence-electron chi connectivity index (χ3n) is 2.53. The minimum atomic E-state index is 0.983. The summed E-state index contributed by atoms with van der Waals surface area (Å²) in [6.45, 7) is 5.13. The Balaban J connectivity index is 2.26. The Morgan fingerprint density at radius 3 is 2.71 bits per heavy atom. The van der Waals surface area contributed by atoms with Crippen LogP contribution in [0.3, 0.4) is 0 Å². The minimum Gasteiger partial charge on any atom is -0.385 e. The van der Waals surface area contributed by atoms with Crippen LogP contribution in [-0.4, -0.2) is 16.5 Å². The van der Waals surface area contributed by atoms with E-state index in [2.05, 4.69) is 28.3 Å². The van der Waals surface area contributed by atoms with Gasteiger partial charge >= 0.3 is 0 Å². The van der Waals surface area contributed by atoms with E-state index in [9.17, 15) is 0 Å². The van der Waals surface area contributed by atoms with Crippen molar-refractivity contribution in [1.82, 2.24) is 9.97 Å². The molecule has 0 aliphatic rings. The Kier molecular flexibility index (Phi) is 3.70. The van der Waals surface area contributed by atoms with E-state index in [4.69, 9.17) is 0 Å². The van der Waals surface area contributed by atoms with E-state index in [1.165, 1.54) is 0 Å². The van der Waals surface area contributed by atoms with Crippen molar-refractivity contribution in [3.05, 3.63) is 42.4 Å². The molecule has 88 valence electrons. The first-order valence-electron chi connectivity index (χ1n) is 5.92. The lowest BCUT2D eigenvalue weighted by atomic mass is 10.1. The lowest BCUT2D eigenvalue weighted by Crippen LogP contribution is -2.00. The lowest BCUT2D eigenvalue weighted by Gasteiger charge is -2.07. The van der Waals surface area contributed by atoms with Crippen molar-refractivity contribution in [2.45, 2.75) is 20.3 Å². The molecule has 0 unspecified atom stereocenters. The van der Waals surface area contributed by atoms with Gasteiger partial charge in [-0.3, -0.25) is 9.97 Å². The number of nitrogens with one attached hydrogen (secondary N) is 1. The van der Waals surface area contributed by atoms with Crippen molar-refractivity contribution < 1.29 is 0 Å². The van der Waals surface area contributed by atoms with Crippen molar-refractivity contribution in [1.29, 1.82) is 0 Å². The van der Waals surface area contributed by atoms with Crippen LogP contribution < -0.4 is 5.32 Å². The fourth-order valence-electron chi connectivity index (χ4n) is 1.67. The van der Waals surface area contributed by atoms with Crippen LogP contribution in [0.1, 0.15) is 19.0 Å². The minimum absolute atomic E-state index is 0.983. The highest BCUT2D eigenvalue weighted by Crippen LogP contribution is 2.20. The van der Waals surface area contributed by atoms with Crippen LogP contribution in [0.4, 0.5) is 5.69 Å². The number of aromatic nitrogens is 2. The topological polar surface area (TPSA) is 37.8 Å². The van der Waals surface area contributed by atoms with Gasteiger partial charge in [0.25, 0.3) is 0 Å². The largest absolute Gasteiger partial charge is 0.385 e. The first-order valence-corrected chi connectivity index (χ1v) is 5.92. The van der Waals surface area contributed by atoms with Crippen molar-refractivity contribution in [3.8, 4) is 11.3 Å². The highest BCUT2D eigenvalue weighted by Gasteiger charge is 2.01. The Bertz CT molecular complexity index is 494. The summed E-state index contributed by atoms with van der Waals surface area (Å²) < 4.78 is 0. The van der Waals surface area contributed by atoms with Crippen molar-refractivity contribution in [3.63, 3.8) is 0 Å². The molecule has 1 N–H and O–H groups in total. The number of nitrogens with zero attached hydrogens (tertiary/aromatic N) is 2. The molecule has 0 saturated heterocycles. The van der Waals surface area contributed by atoms with Crippen LogP contribution in [0, 0.1) is 6.92 Å². The van der Waals surface area contributed by atoms with Gasteiger partial charge in [-0.2, -0.15) is 0 Å². The Hall–Kier alpha value is -1.90. The van der Waals surface area contributed by atoms with E-state index in [1.807, 2.05) is 37.5 Å². The number of aryl methyl sites for hydroxylation is 1. The van der Waals surface area contributed by atoms with E-state index >= 15 is 0 Å². The number of rotatable bonds is 4. The van der Waals surface area contributed by atoms with Crippen molar-refractivity contribution in [2.24, 2.45) is 0 Å². The van der Waals surface area contributed by atoms with Gasteiger partial charge in [-0.1, -0.05) is 6.92 Å². The zero-order valence-corrected chi connectivity index (χ0v) is 10.3. The highest BCUT2D eigenvalue weighted by atomic mass is 14.9. The first-order chi connectivity index (χ1) is 8.29. The summed E-state index contributed by atoms with van der Waals surface area (Å²) in [5, 5.41) is 3.36. The molecule has 3 nitrogen and oxygen atoms in total. The van der Waals surface area contributed by atoms with Gasteiger partial charge < -0.3 is 5.32 Å². The fourth-order valence-corrected chi connectivity index (χ4v) is 1.67. The van der Waals surface area contributed by atoms with Crippen LogP contribution >= 0.6 is 0 Å². The zero-order chi connectivity index (χ0) is 12.1. The quantitative estimate of drug-likeness (QED) is 0.871. The maximum Gasteiger partial charge on any atom is 0.0723 e. The van der Waals surface area contributed by atoms with Crippen molar-refractivity contribution >= 4 is 5.69 Å². The Morgan fingerprint density at radius 2 is 1.94 bits per heavy atom. The van der Waals surface area contributed by atoms with Crippen molar-refractivity contribution in [2.75, 3.05) is 11.9 Å². The van der Waals surface area contributed by atoms with E-state index in [-0.39, 0.29) is 0 Å². The molecule has 0 aromatic carbocycles. The second-order valence-corrected chi connectivity index (χ2v) is 4.04. The predicted molar refractivity (Wildman–Crippen MR) is 71.0 cm³/mol. The van der Waals surface area contributed by atoms with E-state index in [0.717, 1.165) is 35.6 Å². The molecule has 0 amide bonds. The molecule has 2 aromatic heterocycles. The van der Waals surface area contributed by atoms with E-state index < -0.39 is 0 Å². The second-order valence-electron chi connectivity index (χ2n) is 4.04. The predicted octanol–water partition coefficient (Wildman–Crippen LogP) is 3.27. The van der Waals surface area contributed by atoms with Gasteiger partial charge in [0.2, 0.25) is 0 Å². The molecule has 3 heteroatoms. The summed E-state index contributed by atoms with van der Waals surface area (Å²) in [5.41, 5.74) is 4.22. The molecule has 0 aliphatic heterocycles. The SMILES string of the molecule is CCCNc1ccnc(-c2ccnc(C)c2)c1. The number of pyridine rings is 2. The molecule has 2 heterocycles. The van der Waals surface area contributed by atoms with Gasteiger partial charge in [0.1, 0.15) is 0 Å². The van der Waals surface area contributed by atoms with Gasteiger partial charge in [-0.05, 0) is 37.6 Å². The molecule has 0 bridgehead atoms. The molecule has 0 atom stereocenters. The third kappa shape index (κ3) is 3.03. The van der Waals surface area contributed by atoms with Crippen LogP contribution in [0.15, 0.2) is 36.7 Å². The summed E-state index contributed by atoms with van der Waals surface area (Å²) in [6, 6.07) is 8.10. The van der Waals surface area contributed by atoms with Gasteiger partial charge in [0.15, 0.2) is 0 Å². The second kappa shape index (κ2) is 5.43. The monoisotopic (exact) mass is 227 g/mol.